The Hall–Kier alpha value is -1.80. The van der Waals surface area contributed by atoms with E-state index in [1.807, 2.05) is 30.0 Å². The second-order valence-electron chi connectivity index (χ2n) is 10.5. The van der Waals surface area contributed by atoms with Crippen molar-refractivity contribution in [2.45, 2.75) is 128 Å². The molecule has 0 aromatic heterocycles. The van der Waals surface area contributed by atoms with E-state index in [0.29, 0.717) is 0 Å². The molecule has 0 heterocycles. The van der Waals surface area contributed by atoms with E-state index in [0.717, 1.165) is 17.5 Å². The first-order chi connectivity index (χ1) is 18.2. The van der Waals surface area contributed by atoms with Crippen LogP contribution < -0.4 is 0 Å². The van der Waals surface area contributed by atoms with Gasteiger partial charge in [0.15, 0.2) is 5.78 Å². The predicted molar refractivity (Wildman–Crippen MR) is 166 cm³/mol. The average Bonchev–Trinajstić information content (AvgIpc) is 2.92. The van der Waals surface area contributed by atoms with Gasteiger partial charge in [0, 0.05) is 10.5 Å². The van der Waals surface area contributed by atoms with E-state index < -0.39 is 0 Å². The minimum absolute atomic E-state index is 0.0735. The van der Waals surface area contributed by atoms with E-state index in [4.69, 9.17) is 0 Å². The fraction of sp³-hybridized carbons (Fsp3) is 0.571. The summed E-state index contributed by atoms with van der Waals surface area (Å²) in [6.07, 6.45) is 26.7. The van der Waals surface area contributed by atoms with Gasteiger partial charge in [-0.25, -0.2) is 0 Å². The maximum Gasteiger partial charge on any atom is 0.185 e. The number of allylic oxidation sites excluding steroid dienone is 1. The number of unbranched alkanes of at least 4 members (excludes halogenated alkanes) is 14. The summed E-state index contributed by atoms with van der Waals surface area (Å²) >= 11 is 1.91. The van der Waals surface area contributed by atoms with Crippen molar-refractivity contribution in [3.8, 4) is 0 Å². The zero-order valence-corrected chi connectivity index (χ0v) is 24.6. The molecule has 0 saturated carbocycles. The first-order valence-electron chi connectivity index (χ1n) is 15.3. The van der Waals surface area contributed by atoms with Crippen molar-refractivity contribution < 1.29 is 4.79 Å². The van der Waals surface area contributed by atoms with E-state index in [9.17, 15) is 4.79 Å². The monoisotopic (exact) mass is 520 g/mol. The van der Waals surface area contributed by atoms with Gasteiger partial charge in [-0.3, -0.25) is 4.79 Å². The summed E-state index contributed by atoms with van der Waals surface area (Å²) in [6, 6.07) is 16.7. The van der Waals surface area contributed by atoms with Crippen LogP contribution in [0.3, 0.4) is 0 Å². The van der Waals surface area contributed by atoms with Gasteiger partial charge < -0.3 is 0 Å². The smallest absolute Gasteiger partial charge is 0.185 e. The third kappa shape index (κ3) is 15.3. The van der Waals surface area contributed by atoms with Crippen LogP contribution in [0.25, 0.3) is 6.08 Å². The number of rotatable bonds is 22. The van der Waals surface area contributed by atoms with Crippen LogP contribution in [0.5, 0.6) is 0 Å². The molecule has 0 aliphatic rings. The molecule has 0 radical (unpaired) electrons. The van der Waals surface area contributed by atoms with E-state index in [1.165, 1.54) is 119 Å². The van der Waals surface area contributed by atoms with E-state index in [1.54, 1.807) is 6.08 Å². The molecule has 0 aliphatic heterocycles. The van der Waals surface area contributed by atoms with Crippen LogP contribution >= 0.6 is 11.8 Å². The number of hydrogen-bond donors (Lipinski definition) is 0. The van der Waals surface area contributed by atoms with Crippen molar-refractivity contribution in [1.82, 2.24) is 0 Å². The predicted octanol–water partition coefficient (Wildman–Crippen LogP) is 11.5. The Bertz CT molecular complexity index is 867. The highest BCUT2D eigenvalue weighted by Gasteiger charge is 2.03. The molecule has 1 nitrogen and oxygen atoms in total. The molecule has 204 valence electrons. The summed E-state index contributed by atoms with van der Waals surface area (Å²) in [4.78, 5) is 13.9. The van der Waals surface area contributed by atoms with Crippen LogP contribution in [0.4, 0.5) is 0 Å². The minimum atomic E-state index is 0.0735. The van der Waals surface area contributed by atoms with Crippen molar-refractivity contribution in [2.75, 3.05) is 5.75 Å². The third-order valence-corrected chi connectivity index (χ3v) is 8.20. The zero-order chi connectivity index (χ0) is 26.4. The van der Waals surface area contributed by atoms with Crippen LogP contribution in [0, 0.1) is 0 Å². The quantitative estimate of drug-likeness (QED) is 0.0664. The van der Waals surface area contributed by atoms with Crippen LogP contribution in [-0.2, 0) is 6.42 Å². The van der Waals surface area contributed by atoms with Gasteiger partial charge in [0.05, 0.1) is 0 Å². The third-order valence-electron chi connectivity index (χ3n) is 7.10. The summed E-state index contributed by atoms with van der Waals surface area (Å²) in [5, 5.41) is 0. The highest BCUT2D eigenvalue weighted by molar-refractivity contribution is 7.99. The zero-order valence-electron chi connectivity index (χ0n) is 23.8. The number of carbonyl (C=O) groups is 1. The largest absolute Gasteiger partial charge is 0.289 e. The number of benzene rings is 2. The van der Waals surface area contributed by atoms with Gasteiger partial charge in [0.1, 0.15) is 0 Å². The summed E-state index contributed by atoms with van der Waals surface area (Å²) in [7, 11) is 0. The van der Waals surface area contributed by atoms with E-state index in [-0.39, 0.29) is 5.78 Å². The lowest BCUT2D eigenvalue weighted by Crippen LogP contribution is -1.94. The molecule has 0 N–H and O–H groups in total. The summed E-state index contributed by atoms with van der Waals surface area (Å²) in [5.74, 6) is 1.24. The Morgan fingerprint density at radius 3 is 1.86 bits per heavy atom. The number of aryl methyl sites for hydroxylation is 1. The maximum absolute atomic E-state index is 12.6. The lowest BCUT2D eigenvalue weighted by molar-refractivity contribution is 0.104. The van der Waals surface area contributed by atoms with Crippen LogP contribution in [0.15, 0.2) is 59.5 Å². The number of ketones is 1. The van der Waals surface area contributed by atoms with Crippen molar-refractivity contribution in [1.29, 1.82) is 0 Å². The summed E-state index contributed by atoms with van der Waals surface area (Å²) in [6.45, 7) is 4.52. The SMILES string of the molecule is CCCCCCCCCCCCCCCSc1ccc(C(=O)/C=C/c2cccc(CCCCC)c2)cc1. The Labute approximate surface area is 232 Å². The molecule has 0 bridgehead atoms. The standard InChI is InChI=1S/C35H52OS/c1-3-5-7-8-9-10-11-12-13-14-15-16-18-29-37-34-26-24-33(25-27-34)35(36)28-23-32-22-19-21-31(30-32)20-17-6-4-2/h19,21-28,30H,3-18,20,29H2,1-2H3/b28-23+. The normalized spacial score (nSPS) is 11.4. The second kappa shape index (κ2) is 21.2. The number of hydrogen-bond acceptors (Lipinski definition) is 2. The molecule has 2 aromatic rings. The minimum Gasteiger partial charge on any atom is -0.289 e. The molecular formula is C35H52OS. The fourth-order valence-electron chi connectivity index (χ4n) is 4.72. The molecule has 0 atom stereocenters. The van der Waals surface area contributed by atoms with Crippen molar-refractivity contribution in [2.24, 2.45) is 0 Å². The van der Waals surface area contributed by atoms with Crippen LogP contribution in [0.1, 0.15) is 138 Å². The molecule has 0 amide bonds. The molecule has 0 unspecified atom stereocenters. The highest BCUT2D eigenvalue weighted by Crippen LogP contribution is 2.21. The summed E-state index contributed by atoms with van der Waals surface area (Å²) < 4.78 is 0. The van der Waals surface area contributed by atoms with Crippen molar-refractivity contribution in [3.63, 3.8) is 0 Å². The molecule has 0 aliphatic carbocycles. The van der Waals surface area contributed by atoms with Crippen LogP contribution in [-0.4, -0.2) is 11.5 Å². The Morgan fingerprint density at radius 2 is 1.24 bits per heavy atom. The van der Waals surface area contributed by atoms with Gasteiger partial charge in [0.2, 0.25) is 0 Å². The molecule has 2 rings (SSSR count). The fourth-order valence-corrected chi connectivity index (χ4v) is 5.64. The molecule has 0 saturated heterocycles. The molecular weight excluding hydrogens is 468 g/mol. The molecule has 2 aromatic carbocycles. The van der Waals surface area contributed by atoms with E-state index in [2.05, 4.69) is 50.2 Å². The van der Waals surface area contributed by atoms with Crippen molar-refractivity contribution >= 4 is 23.6 Å². The highest BCUT2D eigenvalue weighted by atomic mass is 32.2. The van der Waals surface area contributed by atoms with Crippen LogP contribution in [0.2, 0.25) is 0 Å². The van der Waals surface area contributed by atoms with Gasteiger partial charge in [-0.15, -0.1) is 11.8 Å². The van der Waals surface area contributed by atoms with Gasteiger partial charge in [0.25, 0.3) is 0 Å². The molecule has 0 fully saturated rings. The maximum atomic E-state index is 12.6. The molecule has 37 heavy (non-hydrogen) atoms. The second-order valence-corrected chi connectivity index (χ2v) is 11.7. The first-order valence-corrected chi connectivity index (χ1v) is 16.3. The topological polar surface area (TPSA) is 17.1 Å². The Kier molecular flexibility index (Phi) is 18.0. The van der Waals surface area contributed by atoms with Gasteiger partial charge >= 0.3 is 0 Å². The van der Waals surface area contributed by atoms with Gasteiger partial charge in [-0.2, -0.15) is 0 Å². The summed E-state index contributed by atoms with van der Waals surface area (Å²) in [5.41, 5.74) is 3.22. The Morgan fingerprint density at radius 1 is 0.676 bits per heavy atom. The number of thioether (sulfide) groups is 1. The molecule has 2 heteroatoms. The lowest BCUT2D eigenvalue weighted by Gasteiger charge is -2.04. The number of carbonyl (C=O) groups excluding carboxylic acids is 1. The van der Waals surface area contributed by atoms with Crippen molar-refractivity contribution in [3.05, 3.63) is 71.3 Å². The van der Waals surface area contributed by atoms with E-state index >= 15 is 0 Å². The van der Waals surface area contributed by atoms with Gasteiger partial charge in [-0.05, 0) is 66.5 Å². The first kappa shape index (κ1) is 31.4. The Balaban J connectivity index is 1.56. The lowest BCUT2D eigenvalue weighted by atomic mass is 10.0. The van der Waals surface area contributed by atoms with Gasteiger partial charge in [-0.1, -0.05) is 134 Å². The molecule has 0 spiro atoms. The average molecular weight is 521 g/mol.